The molecule has 0 saturated heterocycles. The minimum atomic E-state index is 0.115. The monoisotopic (exact) mass is 302 g/mol. The number of rotatable bonds is 8. The summed E-state index contributed by atoms with van der Waals surface area (Å²) in [4.78, 5) is 6.19. The summed E-state index contributed by atoms with van der Waals surface area (Å²) in [5, 5.41) is 9.30. The number of benzene rings is 1. The number of nitrogens with zero attached hydrogens (tertiary/aromatic N) is 2. The second-order valence-electron chi connectivity index (χ2n) is 4.97. The number of ether oxygens (including phenoxy) is 2. The van der Waals surface area contributed by atoms with Crippen molar-refractivity contribution >= 4 is 0 Å². The molecule has 2 rings (SSSR count). The Bertz CT molecular complexity index is 575. The van der Waals surface area contributed by atoms with Gasteiger partial charge >= 0.3 is 0 Å². The van der Waals surface area contributed by atoms with Crippen LogP contribution in [0.15, 0.2) is 42.7 Å². The average Bonchev–Trinajstić information content (AvgIpc) is 2.56. The molecule has 1 N–H and O–H groups in total. The number of methoxy groups -OCH3 is 2. The van der Waals surface area contributed by atoms with Gasteiger partial charge in [-0.15, -0.1) is 0 Å². The van der Waals surface area contributed by atoms with Gasteiger partial charge in [0.15, 0.2) is 0 Å². The quantitative estimate of drug-likeness (QED) is 0.809. The van der Waals surface area contributed by atoms with Crippen molar-refractivity contribution in [3.63, 3.8) is 0 Å². The van der Waals surface area contributed by atoms with Crippen molar-refractivity contribution < 1.29 is 14.6 Å². The molecule has 5 nitrogen and oxygen atoms in total. The predicted octanol–water partition coefficient (Wildman–Crippen LogP) is 2.09. The molecule has 118 valence electrons. The molecule has 0 bridgehead atoms. The summed E-state index contributed by atoms with van der Waals surface area (Å²) in [6.07, 6.45) is 3.56. The average molecular weight is 302 g/mol. The summed E-state index contributed by atoms with van der Waals surface area (Å²) in [6.45, 7) is 2.15. The molecule has 0 spiro atoms. The van der Waals surface area contributed by atoms with Crippen LogP contribution in [0.3, 0.4) is 0 Å². The van der Waals surface area contributed by atoms with E-state index < -0.39 is 0 Å². The summed E-state index contributed by atoms with van der Waals surface area (Å²) in [5.74, 6) is 1.56. The highest BCUT2D eigenvalue weighted by Crippen LogP contribution is 2.26. The molecule has 0 aliphatic carbocycles. The molecule has 0 saturated carbocycles. The van der Waals surface area contributed by atoms with Crippen LogP contribution in [0.2, 0.25) is 0 Å². The van der Waals surface area contributed by atoms with Crippen molar-refractivity contribution in [1.82, 2.24) is 9.88 Å². The molecular formula is C17H22N2O3. The van der Waals surface area contributed by atoms with Gasteiger partial charge < -0.3 is 14.6 Å². The largest absolute Gasteiger partial charge is 0.497 e. The van der Waals surface area contributed by atoms with Gasteiger partial charge in [0.05, 0.1) is 20.8 Å². The first-order valence-electron chi connectivity index (χ1n) is 7.20. The SMILES string of the molecule is COc1ccc(CN(CCO)Cc2ccncc2)c(OC)c1. The van der Waals surface area contributed by atoms with Crippen molar-refractivity contribution in [2.75, 3.05) is 27.4 Å². The highest BCUT2D eigenvalue weighted by molar-refractivity contribution is 5.40. The third-order valence-corrected chi connectivity index (χ3v) is 3.46. The van der Waals surface area contributed by atoms with Crippen LogP contribution in [0.4, 0.5) is 0 Å². The lowest BCUT2D eigenvalue weighted by molar-refractivity contribution is 0.183. The van der Waals surface area contributed by atoms with Gasteiger partial charge in [-0.2, -0.15) is 0 Å². The first-order chi connectivity index (χ1) is 10.8. The molecule has 2 aromatic rings. The fourth-order valence-corrected chi connectivity index (χ4v) is 2.33. The molecule has 1 heterocycles. The van der Waals surface area contributed by atoms with Crippen LogP contribution in [0.5, 0.6) is 11.5 Å². The third kappa shape index (κ3) is 4.44. The van der Waals surface area contributed by atoms with E-state index >= 15 is 0 Å². The second kappa shape index (κ2) is 8.36. The molecule has 0 amide bonds. The van der Waals surface area contributed by atoms with Gasteiger partial charge in [-0.3, -0.25) is 9.88 Å². The summed E-state index contributed by atoms with van der Waals surface area (Å²) >= 11 is 0. The van der Waals surface area contributed by atoms with E-state index in [0.29, 0.717) is 13.1 Å². The summed E-state index contributed by atoms with van der Waals surface area (Å²) < 4.78 is 10.7. The fraction of sp³-hybridized carbons (Fsp3) is 0.353. The van der Waals surface area contributed by atoms with E-state index in [1.807, 2.05) is 30.3 Å². The van der Waals surface area contributed by atoms with E-state index in [4.69, 9.17) is 9.47 Å². The van der Waals surface area contributed by atoms with Gasteiger partial charge in [-0.05, 0) is 23.8 Å². The number of aliphatic hydroxyl groups excluding tert-OH is 1. The topological polar surface area (TPSA) is 54.8 Å². The van der Waals surface area contributed by atoms with Gasteiger partial charge in [0.1, 0.15) is 11.5 Å². The van der Waals surface area contributed by atoms with Crippen molar-refractivity contribution in [3.8, 4) is 11.5 Å². The van der Waals surface area contributed by atoms with Gasteiger partial charge in [-0.1, -0.05) is 6.07 Å². The third-order valence-electron chi connectivity index (χ3n) is 3.46. The van der Waals surface area contributed by atoms with Crippen molar-refractivity contribution in [2.45, 2.75) is 13.1 Å². The summed E-state index contributed by atoms with van der Waals surface area (Å²) in [5.41, 5.74) is 2.22. The normalized spacial score (nSPS) is 10.7. The van der Waals surface area contributed by atoms with Gasteiger partial charge in [0.2, 0.25) is 0 Å². The number of hydrogen-bond acceptors (Lipinski definition) is 5. The lowest BCUT2D eigenvalue weighted by Gasteiger charge is -2.22. The van der Waals surface area contributed by atoms with Crippen LogP contribution in [0, 0.1) is 0 Å². The Balaban J connectivity index is 2.13. The maximum atomic E-state index is 9.30. The van der Waals surface area contributed by atoms with E-state index in [2.05, 4.69) is 9.88 Å². The molecule has 1 aromatic heterocycles. The number of pyridine rings is 1. The van der Waals surface area contributed by atoms with Gasteiger partial charge in [0.25, 0.3) is 0 Å². The summed E-state index contributed by atoms with van der Waals surface area (Å²) in [7, 11) is 3.29. The molecule has 0 atom stereocenters. The van der Waals surface area contributed by atoms with Crippen LogP contribution < -0.4 is 9.47 Å². The van der Waals surface area contributed by atoms with E-state index in [-0.39, 0.29) is 6.61 Å². The predicted molar refractivity (Wildman–Crippen MR) is 85.0 cm³/mol. The highest BCUT2D eigenvalue weighted by Gasteiger charge is 2.11. The Morgan fingerprint density at radius 1 is 1.05 bits per heavy atom. The van der Waals surface area contributed by atoms with Crippen LogP contribution in [-0.4, -0.2) is 42.4 Å². The lowest BCUT2D eigenvalue weighted by Crippen LogP contribution is -2.26. The Morgan fingerprint density at radius 2 is 1.82 bits per heavy atom. The van der Waals surface area contributed by atoms with E-state index in [1.165, 1.54) is 0 Å². The minimum Gasteiger partial charge on any atom is -0.497 e. The van der Waals surface area contributed by atoms with E-state index in [0.717, 1.165) is 29.2 Å². The Hall–Kier alpha value is -2.11. The zero-order chi connectivity index (χ0) is 15.8. The van der Waals surface area contributed by atoms with Crippen LogP contribution in [-0.2, 0) is 13.1 Å². The standard InChI is InChI=1S/C17H22N2O3/c1-21-16-4-3-15(17(11-16)22-2)13-19(9-10-20)12-14-5-7-18-8-6-14/h3-8,11,20H,9-10,12-13H2,1-2H3. The van der Waals surface area contributed by atoms with Crippen LogP contribution in [0.25, 0.3) is 0 Å². The lowest BCUT2D eigenvalue weighted by atomic mass is 10.1. The molecule has 0 unspecified atom stereocenters. The number of aliphatic hydroxyl groups is 1. The Labute approximate surface area is 131 Å². The smallest absolute Gasteiger partial charge is 0.127 e. The Morgan fingerprint density at radius 3 is 2.45 bits per heavy atom. The van der Waals surface area contributed by atoms with Gasteiger partial charge in [-0.25, -0.2) is 0 Å². The maximum Gasteiger partial charge on any atom is 0.127 e. The van der Waals surface area contributed by atoms with E-state index in [1.54, 1.807) is 26.6 Å². The summed E-state index contributed by atoms with van der Waals surface area (Å²) in [6, 6.07) is 9.75. The minimum absolute atomic E-state index is 0.115. The van der Waals surface area contributed by atoms with E-state index in [9.17, 15) is 5.11 Å². The van der Waals surface area contributed by atoms with Crippen molar-refractivity contribution in [3.05, 3.63) is 53.9 Å². The molecule has 22 heavy (non-hydrogen) atoms. The molecular weight excluding hydrogens is 280 g/mol. The zero-order valence-corrected chi connectivity index (χ0v) is 13.0. The zero-order valence-electron chi connectivity index (χ0n) is 13.0. The second-order valence-corrected chi connectivity index (χ2v) is 4.97. The first-order valence-corrected chi connectivity index (χ1v) is 7.20. The first kappa shape index (κ1) is 16.3. The van der Waals surface area contributed by atoms with Crippen LogP contribution in [0.1, 0.15) is 11.1 Å². The molecule has 1 aromatic carbocycles. The van der Waals surface area contributed by atoms with Crippen LogP contribution >= 0.6 is 0 Å². The molecule has 0 aliphatic heterocycles. The highest BCUT2D eigenvalue weighted by atomic mass is 16.5. The molecule has 5 heteroatoms. The van der Waals surface area contributed by atoms with Crippen molar-refractivity contribution in [2.24, 2.45) is 0 Å². The van der Waals surface area contributed by atoms with Crippen molar-refractivity contribution in [1.29, 1.82) is 0 Å². The maximum absolute atomic E-state index is 9.30. The fourth-order valence-electron chi connectivity index (χ4n) is 2.33. The number of hydrogen-bond donors (Lipinski definition) is 1. The molecule has 0 radical (unpaired) electrons. The van der Waals surface area contributed by atoms with Gasteiger partial charge in [0, 0.05) is 43.7 Å². The molecule has 0 fully saturated rings. The Kier molecular flexibility index (Phi) is 6.18. The number of aromatic nitrogens is 1. The molecule has 0 aliphatic rings.